The predicted molar refractivity (Wildman–Crippen MR) is 122 cm³/mol. The van der Waals surface area contributed by atoms with E-state index < -0.39 is 10.0 Å². The summed E-state index contributed by atoms with van der Waals surface area (Å²) in [6.07, 6.45) is 3.09. The number of anilines is 1. The van der Waals surface area contributed by atoms with Crippen LogP contribution in [-0.4, -0.2) is 50.4 Å². The minimum absolute atomic E-state index is 0.0831. The van der Waals surface area contributed by atoms with E-state index in [-0.39, 0.29) is 16.1 Å². The van der Waals surface area contributed by atoms with Gasteiger partial charge in [-0.25, -0.2) is 13.4 Å². The van der Waals surface area contributed by atoms with Crippen molar-refractivity contribution in [3.8, 4) is 0 Å². The molecule has 2 aromatic rings. The molecule has 0 spiro atoms. The number of methoxy groups -OCH3 is 1. The van der Waals surface area contributed by atoms with Gasteiger partial charge in [-0.1, -0.05) is 27.5 Å². The smallest absolute Gasteiger partial charge is 0.244 e. The number of hydrogen-bond acceptors (Lipinski definition) is 5. The average Bonchev–Trinajstić information content (AvgIpc) is 2.72. The van der Waals surface area contributed by atoms with Gasteiger partial charge in [0.1, 0.15) is 10.0 Å². The van der Waals surface area contributed by atoms with Crippen LogP contribution in [0.3, 0.4) is 0 Å². The largest absolute Gasteiger partial charge is 0.380 e. The highest BCUT2D eigenvalue weighted by Crippen LogP contribution is 2.31. The van der Waals surface area contributed by atoms with E-state index in [1.54, 1.807) is 12.0 Å². The van der Waals surface area contributed by atoms with Crippen molar-refractivity contribution in [1.29, 1.82) is 0 Å². The van der Waals surface area contributed by atoms with Crippen LogP contribution in [0.15, 0.2) is 44.3 Å². The van der Waals surface area contributed by atoms with Gasteiger partial charge < -0.3 is 9.64 Å². The molecule has 0 saturated carbocycles. The number of halogens is 3. The third-order valence-corrected chi connectivity index (χ3v) is 8.45. The lowest BCUT2D eigenvalue weighted by Crippen LogP contribution is -2.46. The number of sulfonamides is 1. The van der Waals surface area contributed by atoms with Crippen LogP contribution in [0.2, 0.25) is 5.15 Å². The lowest BCUT2D eigenvalue weighted by atomic mass is 10.0. The van der Waals surface area contributed by atoms with Crippen molar-refractivity contribution < 1.29 is 17.9 Å². The number of carbonyl (C=O) groups is 1. The fraction of sp³-hybridized carbons (Fsp3) is 0.368. The van der Waals surface area contributed by atoms with Crippen LogP contribution in [0, 0.1) is 0 Å². The molecule has 1 aliphatic heterocycles. The highest BCUT2D eigenvalue weighted by Gasteiger charge is 2.33. The van der Waals surface area contributed by atoms with Crippen molar-refractivity contribution in [2.45, 2.75) is 30.4 Å². The van der Waals surface area contributed by atoms with E-state index in [2.05, 4.69) is 36.8 Å². The van der Waals surface area contributed by atoms with Crippen LogP contribution in [0.5, 0.6) is 0 Å². The summed E-state index contributed by atoms with van der Waals surface area (Å²) in [6.45, 7) is 0.965. The zero-order valence-electron chi connectivity index (χ0n) is 16.1. The molecule has 1 aromatic heterocycles. The van der Waals surface area contributed by atoms with Crippen LogP contribution in [-0.2, 0) is 26.2 Å². The fourth-order valence-corrected chi connectivity index (χ4v) is 5.93. The first kappa shape index (κ1) is 23.6. The number of ether oxygens (including phenoxy) is 1. The summed E-state index contributed by atoms with van der Waals surface area (Å²) in [4.78, 5) is 17.6. The first-order valence-corrected chi connectivity index (χ1v) is 12.5. The van der Waals surface area contributed by atoms with Crippen LogP contribution < -0.4 is 4.90 Å². The van der Waals surface area contributed by atoms with E-state index in [0.717, 1.165) is 22.1 Å². The van der Waals surface area contributed by atoms with E-state index in [9.17, 15) is 13.2 Å². The van der Waals surface area contributed by atoms with Crippen LogP contribution in [0.25, 0.3) is 0 Å². The van der Waals surface area contributed by atoms with Crippen molar-refractivity contribution in [3.63, 3.8) is 0 Å². The summed E-state index contributed by atoms with van der Waals surface area (Å²) < 4.78 is 33.9. The van der Waals surface area contributed by atoms with Gasteiger partial charge in [-0.05, 0) is 53.0 Å². The zero-order valence-corrected chi connectivity index (χ0v) is 20.8. The Labute approximate surface area is 197 Å². The Hall–Kier alpha value is -1.04. The molecule has 1 fully saturated rings. The Bertz CT molecular complexity index is 1030. The maximum absolute atomic E-state index is 13.0. The van der Waals surface area contributed by atoms with Gasteiger partial charge in [0.25, 0.3) is 0 Å². The predicted octanol–water partition coefficient (Wildman–Crippen LogP) is 4.22. The molecular formula is C19H20Br2ClN3O4S. The molecular weight excluding hydrogens is 562 g/mol. The number of hydrogen-bond donors (Lipinski definition) is 0. The maximum atomic E-state index is 13.0. The Morgan fingerprint density at radius 1 is 1.30 bits per heavy atom. The van der Waals surface area contributed by atoms with Gasteiger partial charge in [0.15, 0.2) is 0 Å². The first-order valence-electron chi connectivity index (χ1n) is 9.10. The molecule has 0 N–H and O–H groups in total. The topological polar surface area (TPSA) is 79.8 Å². The minimum atomic E-state index is -3.70. The average molecular weight is 582 g/mol. The number of rotatable bonds is 7. The number of benzene rings is 1. The summed E-state index contributed by atoms with van der Waals surface area (Å²) in [5, 5.41) is 0.204. The van der Waals surface area contributed by atoms with Gasteiger partial charge in [0, 0.05) is 48.2 Å². The van der Waals surface area contributed by atoms with Crippen molar-refractivity contribution in [1.82, 2.24) is 9.29 Å². The molecule has 30 heavy (non-hydrogen) atoms. The molecule has 0 aliphatic carbocycles. The molecule has 1 saturated heterocycles. The number of carbonyl (C=O) groups excluding carboxylic acids is 1. The number of nitrogens with zero attached hydrogens (tertiary/aromatic N) is 3. The summed E-state index contributed by atoms with van der Waals surface area (Å²) in [5.41, 5.74) is 1.65. The van der Waals surface area contributed by atoms with Crippen molar-refractivity contribution in [2.75, 3.05) is 25.1 Å². The molecule has 0 unspecified atom stereocenters. The number of amides is 1. The van der Waals surface area contributed by atoms with Crippen molar-refractivity contribution in [3.05, 3.63) is 50.1 Å². The van der Waals surface area contributed by atoms with Crippen LogP contribution >= 0.6 is 43.5 Å². The molecule has 1 aromatic carbocycles. The third-order valence-electron chi connectivity index (χ3n) is 4.96. The third kappa shape index (κ3) is 5.05. The van der Waals surface area contributed by atoms with Gasteiger partial charge in [0.2, 0.25) is 16.4 Å². The van der Waals surface area contributed by atoms with Crippen LogP contribution in [0.4, 0.5) is 5.69 Å². The molecule has 1 aliphatic rings. The van der Waals surface area contributed by atoms with E-state index in [1.807, 2.05) is 18.2 Å². The quantitative estimate of drug-likeness (QED) is 0.362. The second-order valence-electron chi connectivity index (χ2n) is 6.80. The zero-order chi connectivity index (χ0) is 21.9. The van der Waals surface area contributed by atoms with E-state index in [0.29, 0.717) is 37.0 Å². The van der Waals surface area contributed by atoms with Crippen LogP contribution in [0.1, 0.15) is 18.4 Å². The second-order valence-corrected chi connectivity index (χ2v) is 10.9. The molecule has 0 atom stereocenters. The molecule has 3 rings (SSSR count). The highest BCUT2D eigenvalue weighted by molar-refractivity contribution is 9.10. The Morgan fingerprint density at radius 2 is 2.00 bits per heavy atom. The normalized spacial score (nSPS) is 15.9. The fourth-order valence-electron chi connectivity index (χ4n) is 3.47. The first-order chi connectivity index (χ1) is 14.3. The summed E-state index contributed by atoms with van der Waals surface area (Å²) in [5.74, 6) is 0. The SMILES string of the molecule is COCc1cc(Br)ccc1N(C=O)C1CCN(S(=O)(=O)c2cnc(Cl)c(Br)c2)CC1. The Morgan fingerprint density at radius 3 is 2.60 bits per heavy atom. The van der Waals surface area contributed by atoms with Gasteiger partial charge in [0.05, 0.1) is 11.1 Å². The molecule has 0 radical (unpaired) electrons. The number of piperidine rings is 1. The standard InChI is InChI=1S/C19H20Br2ClN3O4S/c1-29-11-13-8-14(20)2-3-18(13)25(12-26)15-4-6-24(7-5-15)30(27,28)16-9-17(21)19(22)23-10-16/h2-3,8-10,12,15H,4-7,11H2,1H3. The van der Waals surface area contributed by atoms with E-state index in [1.165, 1.54) is 16.6 Å². The van der Waals surface area contributed by atoms with Crippen molar-refractivity contribution in [2.24, 2.45) is 0 Å². The molecule has 7 nitrogen and oxygen atoms in total. The summed E-state index contributed by atoms with van der Waals surface area (Å²) >= 11 is 12.5. The van der Waals surface area contributed by atoms with Gasteiger partial charge in [-0.15, -0.1) is 0 Å². The Balaban J connectivity index is 1.77. The monoisotopic (exact) mass is 579 g/mol. The lowest BCUT2D eigenvalue weighted by Gasteiger charge is -2.36. The second kappa shape index (κ2) is 10.1. The number of pyridine rings is 1. The summed E-state index contributed by atoms with van der Waals surface area (Å²) in [6, 6.07) is 7.00. The van der Waals surface area contributed by atoms with Crippen molar-refractivity contribution >= 4 is 65.6 Å². The van der Waals surface area contributed by atoms with Gasteiger partial charge in [-0.2, -0.15) is 4.31 Å². The van der Waals surface area contributed by atoms with Gasteiger partial charge in [-0.3, -0.25) is 4.79 Å². The molecule has 0 bridgehead atoms. The lowest BCUT2D eigenvalue weighted by molar-refractivity contribution is -0.108. The molecule has 11 heteroatoms. The molecule has 1 amide bonds. The number of aromatic nitrogens is 1. The van der Waals surface area contributed by atoms with Gasteiger partial charge >= 0.3 is 0 Å². The Kier molecular flexibility index (Phi) is 7.92. The molecule has 2 heterocycles. The highest BCUT2D eigenvalue weighted by atomic mass is 79.9. The molecule has 162 valence electrons. The van der Waals surface area contributed by atoms with E-state index in [4.69, 9.17) is 16.3 Å². The van der Waals surface area contributed by atoms with E-state index >= 15 is 0 Å². The summed E-state index contributed by atoms with van der Waals surface area (Å²) in [7, 11) is -2.09. The maximum Gasteiger partial charge on any atom is 0.244 e. The minimum Gasteiger partial charge on any atom is -0.380 e.